The van der Waals surface area contributed by atoms with Crippen molar-refractivity contribution in [2.75, 3.05) is 57.6 Å². The second-order valence-electron chi connectivity index (χ2n) is 7.89. The van der Waals surface area contributed by atoms with E-state index in [4.69, 9.17) is 19.9 Å². The first-order valence-corrected chi connectivity index (χ1v) is 11.0. The molecule has 3 heterocycles. The molecule has 11 nitrogen and oxygen atoms in total. The summed E-state index contributed by atoms with van der Waals surface area (Å²) < 4.78 is 18.3. The molecule has 0 atom stereocenters. The van der Waals surface area contributed by atoms with Gasteiger partial charge in [-0.1, -0.05) is 0 Å². The second kappa shape index (κ2) is 10.5. The number of carbonyl (C=O) groups is 1. The molecule has 180 valence electrons. The number of rotatable bonds is 8. The molecule has 2 aromatic heterocycles. The van der Waals surface area contributed by atoms with Crippen molar-refractivity contribution in [1.29, 1.82) is 0 Å². The molecule has 11 heteroatoms. The Balaban J connectivity index is 1.55. The molecule has 4 rings (SSSR count). The lowest BCUT2D eigenvalue weighted by Crippen LogP contribution is -2.37. The second-order valence-corrected chi connectivity index (χ2v) is 7.89. The van der Waals surface area contributed by atoms with Crippen LogP contribution in [0.3, 0.4) is 0 Å². The number of nitrogens with zero attached hydrogens (tertiary/aromatic N) is 4. The molecule has 0 spiro atoms. The van der Waals surface area contributed by atoms with Crippen LogP contribution in [-0.4, -0.2) is 71.9 Å². The van der Waals surface area contributed by atoms with Gasteiger partial charge in [-0.3, -0.25) is 19.1 Å². The van der Waals surface area contributed by atoms with E-state index in [0.717, 1.165) is 39.3 Å². The average Bonchev–Trinajstić information content (AvgIpc) is 2.85. The fraction of sp³-hybridized carbons (Fsp3) is 0.391. The molecule has 1 aromatic carbocycles. The third-order valence-corrected chi connectivity index (χ3v) is 5.70. The molecular weight excluding hydrogens is 440 g/mol. The van der Waals surface area contributed by atoms with E-state index in [0.29, 0.717) is 34.7 Å². The van der Waals surface area contributed by atoms with Gasteiger partial charge in [0, 0.05) is 44.5 Å². The minimum Gasteiger partial charge on any atom is -0.492 e. The van der Waals surface area contributed by atoms with E-state index >= 15 is 0 Å². The van der Waals surface area contributed by atoms with Crippen molar-refractivity contribution >= 4 is 28.4 Å². The number of carbonyl (C=O) groups excluding carboxylic acids is 1. The molecule has 0 aliphatic carbocycles. The first-order valence-electron chi connectivity index (χ1n) is 11.0. The molecule has 0 saturated carbocycles. The number of methoxy groups -OCH3 is 1. The Labute approximate surface area is 196 Å². The summed E-state index contributed by atoms with van der Waals surface area (Å²) in [6.45, 7) is 4.81. The molecule has 3 aromatic rings. The Kier molecular flexibility index (Phi) is 7.24. The maximum Gasteiger partial charge on any atom is 0.259 e. The summed E-state index contributed by atoms with van der Waals surface area (Å²) in [7, 11) is 3.11. The number of hydrogen-bond acceptors (Lipinski definition) is 9. The Hall–Kier alpha value is -3.70. The SMILES string of the molecule is COc1c(OCCCN2CCOCC2)ccc2c(=O)n(C)c(NC(=O)c3cnc(N)nc3)cc12. The number of hydrogen-bond donors (Lipinski definition) is 2. The molecule has 0 radical (unpaired) electrons. The van der Waals surface area contributed by atoms with E-state index < -0.39 is 5.91 Å². The van der Waals surface area contributed by atoms with Gasteiger partial charge in [-0.15, -0.1) is 0 Å². The van der Waals surface area contributed by atoms with Crippen LogP contribution in [0.1, 0.15) is 16.8 Å². The number of morpholine rings is 1. The molecule has 1 saturated heterocycles. The minimum absolute atomic E-state index is 0.0665. The molecule has 0 unspecified atom stereocenters. The standard InChI is InChI=1S/C23H28N6O5/c1-28-19(27-21(30)15-13-25-23(24)26-14-15)12-17-16(22(28)31)4-5-18(20(17)32-2)34-9-3-6-29-7-10-33-11-8-29/h4-5,12-14H,3,6-11H2,1-2H3,(H,27,30)(H2,24,25,26). The van der Waals surface area contributed by atoms with Crippen LogP contribution in [-0.2, 0) is 11.8 Å². The first-order chi connectivity index (χ1) is 16.5. The van der Waals surface area contributed by atoms with Crippen LogP contribution in [0.5, 0.6) is 11.5 Å². The molecule has 1 fully saturated rings. The number of pyridine rings is 1. The summed E-state index contributed by atoms with van der Waals surface area (Å²) in [4.78, 5) is 35.6. The maximum atomic E-state index is 13.0. The zero-order valence-electron chi connectivity index (χ0n) is 19.2. The number of fused-ring (bicyclic) bond motifs is 1. The fourth-order valence-electron chi connectivity index (χ4n) is 3.82. The van der Waals surface area contributed by atoms with Crippen LogP contribution in [0.25, 0.3) is 10.8 Å². The van der Waals surface area contributed by atoms with Crippen LogP contribution in [0.4, 0.5) is 11.8 Å². The largest absolute Gasteiger partial charge is 0.492 e. The number of nitrogen functional groups attached to an aromatic ring is 1. The highest BCUT2D eigenvalue weighted by molar-refractivity contribution is 6.04. The Bertz CT molecular complexity index is 1220. The zero-order valence-corrected chi connectivity index (χ0v) is 19.2. The Morgan fingerprint density at radius 3 is 2.65 bits per heavy atom. The lowest BCUT2D eigenvalue weighted by Gasteiger charge is -2.26. The average molecular weight is 469 g/mol. The normalized spacial score (nSPS) is 14.2. The van der Waals surface area contributed by atoms with Crippen LogP contribution in [0.2, 0.25) is 0 Å². The van der Waals surface area contributed by atoms with Crippen molar-refractivity contribution in [2.24, 2.45) is 7.05 Å². The number of benzene rings is 1. The summed E-state index contributed by atoms with van der Waals surface area (Å²) in [6.07, 6.45) is 3.49. The summed E-state index contributed by atoms with van der Waals surface area (Å²) in [5, 5.41) is 3.72. The predicted molar refractivity (Wildman–Crippen MR) is 128 cm³/mol. The van der Waals surface area contributed by atoms with Gasteiger partial charge >= 0.3 is 0 Å². The van der Waals surface area contributed by atoms with E-state index in [9.17, 15) is 9.59 Å². The van der Waals surface area contributed by atoms with Crippen LogP contribution in [0, 0.1) is 0 Å². The molecule has 1 amide bonds. The fourth-order valence-corrected chi connectivity index (χ4v) is 3.82. The smallest absolute Gasteiger partial charge is 0.259 e. The van der Waals surface area contributed by atoms with Crippen molar-refractivity contribution in [1.82, 2.24) is 19.4 Å². The minimum atomic E-state index is -0.469. The summed E-state index contributed by atoms with van der Waals surface area (Å²) in [5.41, 5.74) is 5.42. The quantitative estimate of drug-likeness (QED) is 0.469. The van der Waals surface area contributed by atoms with Crippen LogP contribution >= 0.6 is 0 Å². The first kappa shape index (κ1) is 23.5. The highest BCUT2D eigenvalue weighted by atomic mass is 16.5. The molecule has 0 bridgehead atoms. The number of anilines is 2. The van der Waals surface area contributed by atoms with Gasteiger partial charge in [-0.2, -0.15) is 0 Å². The summed E-state index contributed by atoms with van der Waals surface area (Å²) in [5.74, 6) is 0.866. The number of amides is 1. The van der Waals surface area contributed by atoms with Crippen molar-refractivity contribution in [3.05, 3.63) is 46.5 Å². The van der Waals surface area contributed by atoms with Gasteiger partial charge in [0.15, 0.2) is 11.5 Å². The number of ether oxygens (including phenoxy) is 3. The van der Waals surface area contributed by atoms with Crippen molar-refractivity contribution in [2.45, 2.75) is 6.42 Å². The van der Waals surface area contributed by atoms with Gasteiger partial charge in [0.2, 0.25) is 5.95 Å². The van der Waals surface area contributed by atoms with Crippen LogP contribution < -0.4 is 26.1 Å². The van der Waals surface area contributed by atoms with Crippen molar-refractivity contribution in [3.8, 4) is 11.5 Å². The van der Waals surface area contributed by atoms with E-state index in [-0.39, 0.29) is 17.1 Å². The number of nitrogens with one attached hydrogen (secondary N) is 1. The summed E-state index contributed by atoms with van der Waals surface area (Å²) in [6, 6.07) is 5.13. The van der Waals surface area contributed by atoms with E-state index in [2.05, 4.69) is 20.2 Å². The summed E-state index contributed by atoms with van der Waals surface area (Å²) >= 11 is 0. The van der Waals surface area contributed by atoms with Gasteiger partial charge in [-0.05, 0) is 24.6 Å². The topological polar surface area (TPSA) is 134 Å². The van der Waals surface area contributed by atoms with Gasteiger partial charge in [0.1, 0.15) is 5.82 Å². The van der Waals surface area contributed by atoms with Gasteiger partial charge in [0.25, 0.3) is 11.5 Å². The molecule has 1 aliphatic rings. The lowest BCUT2D eigenvalue weighted by molar-refractivity contribution is 0.0357. The lowest BCUT2D eigenvalue weighted by atomic mass is 10.1. The van der Waals surface area contributed by atoms with Gasteiger partial charge in [-0.25, -0.2) is 9.97 Å². The molecular formula is C23H28N6O5. The number of aromatic nitrogens is 3. The highest BCUT2D eigenvalue weighted by Gasteiger charge is 2.17. The predicted octanol–water partition coefficient (Wildman–Crippen LogP) is 1.27. The zero-order chi connectivity index (χ0) is 24.1. The third-order valence-electron chi connectivity index (χ3n) is 5.70. The third kappa shape index (κ3) is 5.10. The number of nitrogens with two attached hydrogens (primary N) is 1. The van der Waals surface area contributed by atoms with Crippen LogP contribution in [0.15, 0.2) is 35.4 Å². The maximum absolute atomic E-state index is 13.0. The van der Waals surface area contributed by atoms with Gasteiger partial charge in [0.05, 0.1) is 37.9 Å². The van der Waals surface area contributed by atoms with E-state index in [1.807, 2.05) is 0 Å². The van der Waals surface area contributed by atoms with E-state index in [1.165, 1.54) is 24.1 Å². The van der Waals surface area contributed by atoms with E-state index in [1.54, 1.807) is 25.2 Å². The van der Waals surface area contributed by atoms with Crippen molar-refractivity contribution in [3.63, 3.8) is 0 Å². The monoisotopic (exact) mass is 468 g/mol. The molecule has 1 aliphatic heterocycles. The molecule has 3 N–H and O–H groups in total. The molecule has 34 heavy (non-hydrogen) atoms. The van der Waals surface area contributed by atoms with Crippen molar-refractivity contribution < 1.29 is 19.0 Å². The Morgan fingerprint density at radius 1 is 1.21 bits per heavy atom. The Morgan fingerprint density at radius 2 is 1.94 bits per heavy atom. The highest BCUT2D eigenvalue weighted by Crippen LogP contribution is 2.35. The van der Waals surface area contributed by atoms with Gasteiger partial charge < -0.3 is 25.3 Å².